The van der Waals surface area contributed by atoms with Crippen LogP contribution in [-0.4, -0.2) is 33.6 Å². The minimum atomic E-state index is -3.88. The number of carbonyl (C=O) groups excluding carboxylic acids is 1. The minimum Gasteiger partial charge on any atom is -0.486 e. The third kappa shape index (κ3) is 4.83. The number of amides is 1. The van der Waals surface area contributed by atoms with Crippen LogP contribution in [0.5, 0.6) is 11.5 Å². The minimum absolute atomic E-state index is 0.0468. The second-order valence-corrected chi connectivity index (χ2v) is 8.98. The molecule has 3 aromatic rings. The zero-order valence-corrected chi connectivity index (χ0v) is 18.0. The molecule has 166 valence electrons. The zero-order chi connectivity index (χ0) is 22.7. The Bertz CT molecular complexity index is 1250. The van der Waals surface area contributed by atoms with E-state index in [0.717, 1.165) is 6.07 Å². The number of fused-ring (bicyclic) bond motifs is 1. The molecule has 3 aromatic carbocycles. The van der Waals surface area contributed by atoms with Gasteiger partial charge in [0, 0.05) is 11.3 Å². The lowest BCUT2D eigenvalue weighted by Crippen LogP contribution is -2.40. The van der Waals surface area contributed by atoms with E-state index < -0.39 is 15.8 Å². The third-order valence-electron chi connectivity index (χ3n) is 4.90. The highest BCUT2D eigenvalue weighted by molar-refractivity contribution is 7.92. The van der Waals surface area contributed by atoms with E-state index in [1.54, 1.807) is 6.07 Å². The molecule has 0 aliphatic carbocycles. The Labute approximate surface area is 185 Å². The van der Waals surface area contributed by atoms with Crippen molar-refractivity contribution in [2.24, 2.45) is 0 Å². The summed E-state index contributed by atoms with van der Waals surface area (Å²) in [4.78, 5) is 12.4. The molecule has 1 heterocycles. The van der Waals surface area contributed by atoms with E-state index in [2.05, 4.69) is 10.0 Å². The average molecular weight is 456 g/mol. The normalized spacial score (nSPS) is 15.1. The topological polar surface area (TPSA) is 93.7 Å². The van der Waals surface area contributed by atoms with Gasteiger partial charge in [-0.3, -0.25) is 9.52 Å². The Hall–Kier alpha value is -3.59. The van der Waals surface area contributed by atoms with Crippen molar-refractivity contribution in [3.05, 3.63) is 83.7 Å². The van der Waals surface area contributed by atoms with E-state index in [-0.39, 0.29) is 34.7 Å². The maximum atomic E-state index is 13.4. The molecule has 1 atom stereocenters. The Morgan fingerprint density at radius 1 is 1.06 bits per heavy atom. The lowest BCUT2D eigenvalue weighted by molar-refractivity contribution is 0.0789. The number of carbonyl (C=O) groups is 1. The SMILES string of the molecule is Cc1cc(S(=O)(=O)Nc2ccc(C(=O)NC[C@@H]3COc4ccccc4O3)cc2)ccc1F. The van der Waals surface area contributed by atoms with Gasteiger partial charge in [-0.1, -0.05) is 12.1 Å². The molecule has 0 bridgehead atoms. The highest BCUT2D eigenvalue weighted by atomic mass is 32.2. The first-order valence-corrected chi connectivity index (χ1v) is 11.4. The first kappa shape index (κ1) is 21.6. The summed E-state index contributed by atoms with van der Waals surface area (Å²) >= 11 is 0. The molecular formula is C23H21FN2O5S. The average Bonchev–Trinajstić information content (AvgIpc) is 2.79. The molecule has 7 nitrogen and oxygen atoms in total. The molecular weight excluding hydrogens is 435 g/mol. The van der Waals surface area contributed by atoms with Crippen molar-refractivity contribution in [2.45, 2.75) is 17.9 Å². The van der Waals surface area contributed by atoms with E-state index in [4.69, 9.17) is 9.47 Å². The van der Waals surface area contributed by atoms with Crippen LogP contribution in [0.1, 0.15) is 15.9 Å². The number of benzene rings is 3. The molecule has 1 aliphatic heterocycles. The fourth-order valence-electron chi connectivity index (χ4n) is 3.16. The number of ether oxygens (including phenoxy) is 2. The number of anilines is 1. The van der Waals surface area contributed by atoms with E-state index >= 15 is 0 Å². The molecule has 4 rings (SSSR count). The standard InChI is InChI=1S/C23H21FN2O5S/c1-15-12-19(10-11-20(15)24)32(28,29)26-17-8-6-16(7-9-17)23(27)25-13-18-14-30-21-4-2-3-5-22(21)31-18/h2-12,18,26H,13-14H2,1H3,(H,25,27)/t18-/m1/s1. The summed E-state index contributed by atoms with van der Waals surface area (Å²) in [6, 6.07) is 16.9. The lowest BCUT2D eigenvalue weighted by Gasteiger charge is -2.26. The fraction of sp³-hybridized carbons (Fsp3) is 0.174. The van der Waals surface area contributed by atoms with Crippen LogP contribution in [0.4, 0.5) is 10.1 Å². The van der Waals surface area contributed by atoms with Crippen LogP contribution in [0.25, 0.3) is 0 Å². The number of nitrogens with one attached hydrogen (secondary N) is 2. The predicted molar refractivity (Wildman–Crippen MR) is 117 cm³/mol. The first-order chi connectivity index (χ1) is 15.3. The van der Waals surface area contributed by atoms with Gasteiger partial charge in [0.15, 0.2) is 11.5 Å². The summed E-state index contributed by atoms with van der Waals surface area (Å²) < 4.78 is 52.3. The smallest absolute Gasteiger partial charge is 0.261 e. The quantitative estimate of drug-likeness (QED) is 0.592. The molecule has 2 N–H and O–H groups in total. The highest BCUT2D eigenvalue weighted by Gasteiger charge is 2.21. The van der Waals surface area contributed by atoms with Gasteiger partial charge in [-0.25, -0.2) is 12.8 Å². The summed E-state index contributed by atoms with van der Waals surface area (Å²) in [6.45, 7) is 2.07. The number of sulfonamides is 1. The summed E-state index contributed by atoms with van der Waals surface area (Å²) in [5, 5.41) is 2.79. The van der Waals surface area contributed by atoms with Crippen LogP contribution in [-0.2, 0) is 10.0 Å². The number of aryl methyl sites for hydroxylation is 1. The van der Waals surface area contributed by atoms with E-state index in [1.807, 2.05) is 18.2 Å². The molecule has 0 spiro atoms. The second kappa shape index (κ2) is 8.88. The molecule has 1 amide bonds. The molecule has 0 saturated carbocycles. The Morgan fingerprint density at radius 2 is 1.78 bits per heavy atom. The van der Waals surface area contributed by atoms with Gasteiger partial charge in [0.1, 0.15) is 18.5 Å². The predicted octanol–water partition coefficient (Wildman–Crippen LogP) is 3.50. The summed E-state index contributed by atoms with van der Waals surface area (Å²) in [5.74, 6) is 0.500. The Morgan fingerprint density at radius 3 is 2.50 bits per heavy atom. The Balaban J connectivity index is 1.35. The molecule has 9 heteroatoms. The Kier molecular flexibility index (Phi) is 6.00. The summed E-state index contributed by atoms with van der Waals surface area (Å²) in [6.07, 6.45) is -0.320. The van der Waals surface area contributed by atoms with Crippen molar-refractivity contribution in [3.63, 3.8) is 0 Å². The van der Waals surface area contributed by atoms with Gasteiger partial charge in [-0.2, -0.15) is 0 Å². The lowest BCUT2D eigenvalue weighted by atomic mass is 10.2. The van der Waals surface area contributed by atoms with Gasteiger partial charge in [-0.15, -0.1) is 0 Å². The van der Waals surface area contributed by atoms with Crippen molar-refractivity contribution in [1.82, 2.24) is 5.32 Å². The molecule has 0 fully saturated rings. The van der Waals surface area contributed by atoms with Gasteiger partial charge in [-0.05, 0) is 67.1 Å². The van der Waals surface area contributed by atoms with Crippen LogP contribution in [0, 0.1) is 12.7 Å². The molecule has 0 unspecified atom stereocenters. The molecule has 1 aliphatic rings. The van der Waals surface area contributed by atoms with Crippen molar-refractivity contribution < 1.29 is 27.1 Å². The van der Waals surface area contributed by atoms with Crippen molar-refractivity contribution >= 4 is 21.6 Å². The van der Waals surface area contributed by atoms with Gasteiger partial charge in [0.25, 0.3) is 15.9 Å². The van der Waals surface area contributed by atoms with Crippen LogP contribution >= 0.6 is 0 Å². The van der Waals surface area contributed by atoms with E-state index in [0.29, 0.717) is 23.7 Å². The first-order valence-electron chi connectivity index (χ1n) is 9.87. The van der Waals surface area contributed by atoms with Gasteiger partial charge in [0.2, 0.25) is 0 Å². The summed E-state index contributed by atoms with van der Waals surface area (Å²) in [7, 11) is -3.88. The number of para-hydroxylation sites is 2. The van der Waals surface area contributed by atoms with Crippen LogP contribution in [0.15, 0.2) is 71.6 Å². The highest BCUT2D eigenvalue weighted by Crippen LogP contribution is 2.30. The van der Waals surface area contributed by atoms with Crippen molar-refractivity contribution in [3.8, 4) is 11.5 Å². The largest absolute Gasteiger partial charge is 0.486 e. The molecule has 0 aromatic heterocycles. The fourth-order valence-corrected chi connectivity index (χ4v) is 4.30. The van der Waals surface area contributed by atoms with Gasteiger partial charge in [0.05, 0.1) is 11.4 Å². The second-order valence-electron chi connectivity index (χ2n) is 7.30. The van der Waals surface area contributed by atoms with Crippen LogP contribution < -0.4 is 19.5 Å². The number of hydrogen-bond donors (Lipinski definition) is 2. The maximum Gasteiger partial charge on any atom is 0.261 e. The molecule has 32 heavy (non-hydrogen) atoms. The number of halogens is 1. The number of rotatable bonds is 6. The van der Waals surface area contributed by atoms with Gasteiger partial charge >= 0.3 is 0 Å². The molecule has 0 radical (unpaired) electrons. The summed E-state index contributed by atoms with van der Waals surface area (Å²) in [5.41, 5.74) is 0.877. The molecule has 0 saturated heterocycles. The van der Waals surface area contributed by atoms with E-state index in [1.165, 1.54) is 43.3 Å². The third-order valence-corrected chi connectivity index (χ3v) is 6.28. The maximum absolute atomic E-state index is 13.4. The zero-order valence-electron chi connectivity index (χ0n) is 17.2. The monoisotopic (exact) mass is 456 g/mol. The van der Waals surface area contributed by atoms with Crippen molar-refractivity contribution in [1.29, 1.82) is 0 Å². The van der Waals surface area contributed by atoms with Crippen LogP contribution in [0.2, 0.25) is 0 Å². The van der Waals surface area contributed by atoms with E-state index in [9.17, 15) is 17.6 Å². The van der Waals surface area contributed by atoms with Crippen LogP contribution in [0.3, 0.4) is 0 Å². The van der Waals surface area contributed by atoms with Crippen molar-refractivity contribution in [2.75, 3.05) is 17.9 Å². The van der Waals surface area contributed by atoms with Gasteiger partial charge < -0.3 is 14.8 Å². The number of hydrogen-bond acceptors (Lipinski definition) is 5.